The second-order valence-electron chi connectivity index (χ2n) is 9.05. The molecule has 2 fully saturated rings. The van der Waals surface area contributed by atoms with Crippen LogP contribution in [0.5, 0.6) is 5.75 Å². The van der Waals surface area contributed by atoms with Gasteiger partial charge in [0.05, 0.1) is 4.92 Å². The number of halogens is 3. The van der Waals surface area contributed by atoms with Gasteiger partial charge in [0, 0.05) is 76.8 Å². The molecule has 0 aromatic heterocycles. The number of ether oxygens (including phenoxy) is 1. The number of alkyl halides is 3. The highest BCUT2D eigenvalue weighted by Crippen LogP contribution is 2.38. The van der Waals surface area contributed by atoms with Crippen LogP contribution in [0.15, 0.2) is 48.5 Å². The summed E-state index contributed by atoms with van der Waals surface area (Å²) in [5.41, 5.74) is -1.12. The number of amides is 1. The summed E-state index contributed by atoms with van der Waals surface area (Å²) >= 11 is 0. The van der Waals surface area contributed by atoms with Gasteiger partial charge in [-0.15, -0.1) is 0 Å². The maximum absolute atomic E-state index is 13.2. The van der Waals surface area contributed by atoms with Gasteiger partial charge in [0.15, 0.2) is 0 Å². The average molecular weight is 523 g/mol. The van der Waals surface area contributed by atoms with Crippen molar-refractivity contribution < 1.29 is 27.6 Å². The van der Waals surface area contributed by atoms with Crippen molar-refractivity contribution in [1.29, 1.82) is 0 Å². The lowest BCUT2D eigenvalue weighted by molar-refractivity contribution is -0.388. The first-order valence-electron chi connectivity index (χ1n) is 12.0. The highest BCUT2D eigenvalue weighted by atomic mass is 19.4. The molecule has 2 saturated heterocycles. The van der Waals surface area contributed by atoms with Crippen molar-refractivity contribution in [3.63, 3.8) is 0 Å². The van der Waals surface area contributed by atoms with Crippen LogP contribution in [-0.4, -0.2) is 72.5 Å². The number of hydrogen-bond donors (Lipinski definition) is 0. The second kappa shape index (κ2) is 12.3. The van der Waals surface area contributed by atoms with Crippen LogP contribution in [-0.2, 0) is 11.0 Å². The van der Waals surface area contributed by atoms with Crippen molar-refractivity contribution in [2.75, 3.05) is 50.7 Å². The molecule has 2 aromatic rings. The first-order chi connectivity index (χ1) is 17.2. The van der Waals surface area contributed by atoms with Crippen LogP contribution in [0.1, 0.15) is 32.3 Å². The molecule has 8 nitrogen and oxygen atoms in total. The van der Waals surface area contributed by atoms with Crippen LogP contribution in [0.4, 0.5) is 24.5 Å². The molecular formula is C26H33F3N4O4. The third kappa shape index (κ3) is 7.34. The van der Waals surface area contributed by atoms with Crippen molar-refractivity contribution in [1.82, 2.24) is 9.80 Å². The number of hydrogen-bond acceptors (Lipinski definition) is 6. The molecule has 2 aromatic carbocycles. The minimum absolute atomic E-state index is 0. The van der Waals surface area contributed by atoms with Gasteiger partial charge in [0.2, 0.25) is 5.91 Å². The number of nitrogens with zero attached hydrogens (tertiary/aromatic N) is 4. The van der Waals surface area contributed by atoms with Gasteiger partial charge in [0.25, 0.3) is 5.69 Å². The van der Waals surface area contributed by atoms with E-state index in [1.807, 2.05) is 18.2 Å². The van der Waals surface area contributed by atoms with E-state index in [1.165, 1.54) is 11.8 Å². The number of carbonyl (C=O) groups excluding carboxylic acids is 1. The maximum atomic E-state index is 13.2. The first-order valence-corrected chi connectivity index (χ1v) is 12.0. The third-order valence-electron chi connectivity index (χ3n) is 6.70. The number of para-hydroxylation sites is 1. The largest absolute Gasteiger partial charge is 0.490 e. The van der Waals surface area contributed by atoms with Crippen LogP contribution in [0.25, 0.3) is 0 Å². The lowest BCUT2D eigenvalue weighted by atomic mass is 10.1. The molecule has 0 unspecified atom stereocenters. The Bertz CT molecular complexity index is 1050. The fraction of sp³-hybridized carbons (Fsp3) is 0.500. The molecular weight excluding hydrogens is 489 g/mol. The van der Waals surface area contributed by atoms with Gasteiger partial charge in [-0.3, -0.25) is 19.8 Å². The van der Waals surface area contributed by atoms with Crippen molar-refractivity contribution in [3.05, 3.63) is 64.2 Å². The normalized spacial score (nSPS) is 17.3. The number of rotatable bonds is 7. The number of benzene rings is 2. The van der Waals surface area contributed by atoms with Gasteiger partial charge in [0.1, 0.15) is 17.4 Å². The lowest BCUT2D eigenvalue weighted by Gasteiger charge is -2.37. The van der Waals surface area contributed by atoms with E-state index < -0.39 is 22.4 Å². The molecule has 2 aliphatic heterocycles. The molecule has 0 N–H and O–H groups in total. The summed E-state index contributed by atoms with van der Waals surface area (Å²) in [6.45, 7) is 5.25. The molecule has 37 heavy (non-hydrogen) atoms. The Morgan fingerprint density at radius 2 is 1.65 bits per heavy atom. The number of piperazine rings is 1. The van der Waals surface area contributed by atoms with Crippen molar-refractivity contribution in [2.45, 2.75) is 39.0 Å². The molecule has 4 rings (SSSR count). The first kappa shape index (κ1) is 28.2. The topological polar surface area (TPSA) is 79.2 Å². The predicted octanol–water partition coefficient (Wildman–Crippen LogP) is 4.83. The van der Waals surface area contributed by atoms with Crippen LogP contribution in [0.2, 0.25) is 0 Å². The molecule has 1 amide bonds. The van der Waals surface area contributed by atoms with Gasteiger partial charge in [-0.05, 0) is 24.3 Å². The summed E-state index contributed by atoms with van der Waals surface area (Å²) in [5.74, 6) is 0.000907. The van der Waals surface area contributed by atoms with Crippen LogP contribution in [0.3, 0.4) is 0 Å². The fourth-order valence-electron chi connectivity index (χ4n) is 4.67. The standard InChI is InChI=1S/C25H29F3N4O4.CH4/c26-25(27,28)22-18-21(6-7-23(22)32(34)35)36-20-8-12-31(13-9-20)24(33)10-11-29-14-16-30(17-15-29)19-4-2-1-3-5-19;/h1-7,18,20H,8-17H2;1H4. The molecule has 202 valence electrons. The number of likely N-dealkylation sites (tertiary alicyclic amines) is 1. The van der Waals surface area contributed by atoms with Gasteiger partial charge >= 0.3 is 6.18 Å². The minimum Gasteiger partial charge on any atom is -0.490 e. The molecule has 11 heteroatoms. The molecule has 0 bridgehead atoms. The van der Waals surface area contributed by atoms with E-state index in [2.05, 4.69) is 21.9 Å². The highest BCUT2D eigenvalue weighted by molar-refractivity contribution is 5.76. The molecule has 2 aliphatic rings. The summed E-state index contributed by atoms with van der Waals surface area (Å²) in [6.07, 6.45) is -3.82. The van der Waals surface area contributed by atoms with E-state index >= 15 is 0 Å². The monoisotopic (exact) mass is 522 g/mol. The summed E-state index contributed by atoms with van der Waals surface area (Å²) in [6, 6.07) is 12.9. The van der Waals surface area contributed by atoms with E-state index in [-0.39, 0.29) is 25.2 Å². The molecule has 0 radical (unpaired) electrons. The lowest BCUT2D eigenvalue weighted by Crippen LogP contribution is -2.48. The molecule has 0 atom stereocenters. The molecule has 0 saturated carbocycles. The number of nitro benzene ring substituents is 1. The van der Waals surface area contributed by atoms with Gasteiger partial charge in [-0.2, -0.15) is 13.2 Å². The zero-order chi connectivity index (χ0) is 25.7. The van der Waals surface area contributed by atoms with E-state index in [1.54, 1.807) is 4.90 Å². The summed E-state index contributed by atoms with van der Waals surface area (Å²) in [5, 5.41) is 10.9. The van der Waals surface area contributed by atoms with Gasteiger partial charge in [-0.1, -0.05) is 25.6 Å². The number of piperidine rings is 1. The molecule has 0 aliphatic carbocycles. The smallest absolute Gasteiger partial charge is 0.423 e. The van der Waals surface area contributed by atoms with E-state index in [9.17, 15) is 28.1 Å². The van der Waals surface area contributed by atoms with Crippen LogP contribution in [0, 0.1) is 10.1 Å². The van der Waals surface area contributed by atoms with E-state index in [0.717, 1.165) is 32.2 Å². The fourth-order valence-corrected chi connectivity index (χ4v) is 4.67. The summed E-state index contributed by atoms with van der Waals surface area (Å²) in [7, 11) is 0. The van der Waals surface area contributed by atoms with Crippen molar-refractivity contribution in [2.24, 2.45) is 0 Å². The average Bonchev–Trinajstić information content (AvgIpc) is 2.88. The van der Waals surface area contributed by atoms with Crippen LogP contribution >= 0.6 is 0 Å². The number of anilines is 1. The van der Waals surface area contributed by atoms with Gasteiger partial charge in [-0.25, -0.2) is 0 Å². The molecule has 2 heterocycles. The Kier molecular flexibility index (Phi) is 9.36. The summed E-state index contributed by atoms with van der Waals surface area (Å²) < 4.78 is 45.3. The SMILES string of the molecule is C.O=C(CCN1CCN(c2ccccc2)CC1)N1CCC(Oc2ccc([N+](=O)[O-])c(C(F)(F)F)c2)CC1. The van der Waals surface area contributed by atoms with Crippen molar-refractivity contribution in [3.8, 4) is 5.75 Å². The van der Waals surface area contributed by atoms with Crippen molar-refractivity contribution >= 4 is 17.3 Å². The zero-order valence-corrected chi connectivity index (χ0v) is 19.8. The number of nitro groups is 1. The van der Waals surface area contributed by atoms with Gasteiger partial charge < -0.3 is 14.5 Å². The number of carbonyl (C=O) groups is 1. The second-order valence-corrected chi connectivity index (χ2v) is 9.05. The molecule has 0 spiro atoms. The van der Waals surface area contributed by atoms with E-state index in [0.29, 0.717) is 45.0 Å². The Labute approximate surface area is 214 Å². The Hall–Kier alpha value is -3.34. The quantitative estimate of drug-likeness (QED) is 0.383. The zero-order valence-electron chi connectivity index (χ0n) is 19.8. The third-order valence-corrected chi connectivity index (χ3v) is 6.70. The Morgan fingerprint density at radius 1 is 1.00 bits per heavy atom. The highest BCUT2D eigenvalue weighted by Gasteiger charge is 2.39. The maximum Gasteiger partial charge on any atom is 0.423 e. The minimum atomic E-state index is -4.86. The van der Waals surface area contributed by atoms with Crippen LogP contribution < -0.4 is 9.64 Å². The Morgan fingerprint density at radius 3 is 2.24 bits per heavy atom. The Balaban J connectivity index is 0.00000380. The predicted molar refractivity (Wildman–Crippen MR) is 135 cm³/mol. The summed E-state index contributed by atoms with van der Waals surface area (Å²) in [4.78, 5) is 29.0. The van der Waals surface area contributed by atoms with E-state index in [4.69, 9.17) is 4.74 Å².